The van der Waals surface area contributed by atoms with Gasteiger partial charge in [0.25, 0.3) is 5.91 Å². The highest BCUT2D eigenvalue weighted by molar-refractivity contribution is 9.10. The number of benzene rings is 3. The number of carbonyl (C=O) groups is 4. The first-order valence-electron chi connectivity index (χ1n) is 13.5. The average Bonchev–Trinajstić information content (AvgIpc) is 3.62. The van der Waals surface area contributed by atoms with E-state index < -0.39 is 18.5 Å². The molecule has 0 radical (unpaired) electrons. The predicted octanol–water partition coefficient (Wildman–Crippen LogP) is 5.79. The fourth-order valence-corrected chi connectivity index (χ4v) is 7.23. The number of aryl methyl sites for hydroxylation is 2. The van der Waals surface area contributed by atoms with Crippen molar-refractivity contribution in [1.82, 2.24) is 0 Å². The Hall–Kier alpha value is -3.78. The minimum Gasteiger partial charge on any atom is -0.452 e. The molecular formula is C32H29BrN2O5. The number of imide groups is 1. The summed E-state index contributed by atoms with van der Waals surface area (Å²) in [6.07, 6.45) is 1.81. The van der Waals surface area contributed by atoms with Crippen LogP contribution >= 0.6 is 15.9 Å². The van der Waals surface area contributed by atoms with Crippen molar-refractivity contribution in [3.05, 3.63) is 93.5 Å². The molecule has 6 rings (SSSR count). The van der Waals surface area contributed by atoms with Crippen LogP contribution in [0.25, 0.3) is 0 Å². The molecule has 0 spiro atoms. The Kier molecular flexibility index (Phi) is 6.82. The van der Waals surface area contributed by atoms with Crippen molar-refractivity contribution >= 4 is 51.0 Å². The van der Waals surface area contributed by atoms with Crippen molar-refractivity contribution in [3.63, 3.8) is 0 Å². The summed E-state index contributed by atoms with van der Waals surface area (Å²) in [7, 11) is 0. The van der Waals surface area contributed by atoms with E-state index in [4.69, 9.17) is 4.74 Å². The fourth-order valence-electron chi connectivity index (χ4n) is 7.00. The number of nitrogens with zero attached hydrogens (tertiary/aromatic N) is 1. The van der Waals surface area contributed by atoms with Crippen molar-refractivity contribution < 1.29 is 23.9 Å². The molecule has 2 aliphatic carbocycles. The van der Waals surface area contributed by atoms with Gasteiger partial charge in [0.15, 0.2) is 6.61 Å². The molecule has 1 heterocycles. The molecule has 7 nitrogen and oxygen atoms in total. The maximum absolute atomic E-state index is 13.6. The van der Waals surface area contributed by atoms with Gasteiger partial charge in [-0.3, -0.25) is 19.3 Å². The summed E-state index contributed by atoms with van der Waals surface area (Å²) in [6.45, 7) is 3.39. The van der Waals surface area contributed by atoms with Gasteiger partial charge in [-0.1, -0.05) is 52.3 Å². The van der Waals surface area contributed by atoms with E-state index in [0.29, 0.717) is 11.4 Å². The minimum absolute atomic E-state index is 0.142. The smallest absolute Gasteiger partial charge is 0.338 e. The van der Waals surface area contributed by atoms with Gasteiger partial charge in [0, 0.05) is 10.2 Å². The zero-order valence-electron chi connectivity index (χ0n) is 22.2. The van der Waals surface area contributed by atoms with E-state index in [9.17, 15) is 19.2 Å². The highest BCUT2D eigenvalue weighted by Crippen LogP contribution is 2.61. The summed E-state index contributed by atoms with van der Waals surface area (Å²) >= 11 is 3.50. The fraction of sp³-hybridized carbons (Fsp3) is 0.312. The van der Waals surface area contributed by atoms with Crippen LogP contribution in [-0.2, 0) is 19.1 Å². The third kappa shape index (κ3) is 4.54. The number of esters is 1. The van der Waals surface area contributed by atoms with E-state index in [1.54, 1.807) is 18.2 Å². The lowest BCUT2D eigenvalue weighted by molar-refractivity contribution is -0.123. The van der Waals surface area contributed by atoms with Crippen molar-refractivity contribution in [3.8, 4) is 0 Å². The van der Waals surface area contributed by atoms with Gasteiger partial charge in [0.05, 0.1) is 23.1 Å². The number of halogens is 1. The van der Waals surface area contributed by atoms with Crippen LogP contribution in [0.4, 0.5) is 11.4 Å². The molecule has 2 bridgehead atoms. The molecule has 3 amide bonds. The topological polar surface area (TPSA) is 92.8 Å². The first-order chi connectivity index (χ1) is 19.2. The van der Waals surface area contributed by atoms with Gasteiger partial charge in [-0.15, -0.1) is 0 Å². The largest absolute Gasteiger partial charge is 0.452 e. The molecule has 204 valence electrons. The molecule has 3 fully saturated rings. The summed E-state index contributed by atoms with van der Waals surface area (Å²) in [6, 6.07) is 20.2. The second kappa shape index (κ2) is 10.3. The van der Waals surface area contributed by atoms with Crippen molar-refractivity contribution in [2.45, 2.75) is 32.6 Å². The average molecular weight is 601 g/mol. The number of hydrogen-bond donors (Lipinski definition) is 1. The number of hydrogen-bond acceptors (Lipinski definition) is 5. The lowest BCUT2D eigenvalue weighted by atomic mass is 9.73. The molecule has 1 N–H and O–H groups in total. The van der Waals surface area contributed by atoms with Gasteiger partial charge in [-0.05, 0) is 91.5 Å². The summed E-state index contributed by atoms with van der Waals surface area (Å²) in [5.41, 5.74) is 4.32. The first-order valence-corrected chi connectivity index (χ1v) is 14.3. The quantitative estimate of drug-likeness (QED) is 0.285. The number of carbonyl (C=O) groups excluding carboxylic acids is 4. The third-order valence-electron chi connectivity index (χ3n) is 8.64. The van der Waals surface area contributed by atoms with Crippen molar-refractivity contribution in [1.29, 1.82) is 0 Å². The number of nitrogens with one attached hydrogen (secondary N) is 1. The van der Waals surface area contributed by atoms with E-state index in [1.807, 2.05) is 44.2 Å². The Bertz CT molecular complexity index is 1510. The second-order valence-corrected chi connectivity index (χ2v) is 11.9. The Morgan fingerprint density at radius 3 is 2.35 bits per heavy atom. The third-order valence-corrected chi connectivity index (χ3v) is 9.89. The SMILES string of the molecule is Cc1cc(NC(=O)COC(=O)c2cccc(N3C(=O)[C@@H]4[C@@H]5C[C@@H]([C@H]4C3=O)[C@@H](c3ccccc3)C5)c2)cc(C)c1Br. The number of amides is 3. The lowest BCUT2D eigenvalue weighted by Crippen LogP contribution is -2.33. The number of ether oxygens (including phenoxy) is 1. The second-order valence-electron chi connectivity index (χ2n) is 11.1. The van der Waals surface area contributed by atoms with Crippen LogP contribution in [0.15, 0.2) is 71.2 Å². The molecule has 40 heavy (non-hydrogen) atoms. The number of rotatable bonds is 6. The standard InChI is InChI=1S/C32H29BrN2O5/c1-17-11-22(12-18(2)29(17)33)34-26(36)16-40-32(39)20-9-6-10-23(13-20)35-30(37)27-21-14-24(19-7-4-3-5-8-19)25(15-21)28(27)31(35)38/h3-13,21,24-25,27-28H,14-16H2,1-2H3,(H,34,36)/t21-,24+,25+,27+,28+/m0/s1. The Labute approximate surface area is 241 Å². The normalized spacial score (nSPS) is 24.8. The van der Waals surface area contributed by atoms with Gasteiger partial charge < -0.3 is 10.1 Å². The highest BCUT2D eigenvalue weighted by Gasteiger charge is 2.64. The molecular weight excluding hydrogens is 572 g/mol. The molecule has 5 atom stereocenters. The monoisotopic (exact) mass is 600 g/mol. The molecule has 3 aromatic rings. The van der Waals surface area contributed by atoms with Crippen LogP contribution in [0.3, 0.4) is 0 Å². The van der Waals surface area contributed by atoms with Gasteiger partial charge in [0.2, 0.25) is 11.8 Å². The molecule has 0 unspecified atom stereocenters. The molecule has 1 saturated heterocycles. The molecule has 3 aliphatic rings. The summed E-state index contributed by atoms with van der Waals surface area (Å²) in [5.74, 6) is -1.57. The molecule has 0 aromatic heterocycles. The van der Waals surface area contributed by atoms with Crippen molar-refractivity contribution in [2.75, 3.05) is 16.8 Å². The van der Waals surface area contributed by atoms with Crippen LogP contribution in [0.1, 0.15) is 45.8 Å². The maximum Gasteiger partial charge on any atom is 0.338 e. The van der Waals surface area contributed by atoms with Gasteiger partial charge in [0.1, 0.15) is 0 Å². The van der Waals surface area contributed by atoms with E-state index in [-0.39, 0.29) is 47.0 Å². The molecule has 8 heteroatoms. The van der Waals surface area contributed by atoms with Crippen LogP contribution in [0.5, 0.6) is 0 Å². The van der Waals surface area contributed by atoms with E-state index in [0.717, 1.165) is 28.4 Å². The van der Waals surface area contributed by atoms with Crippen LogP contribution in [-0.4, -0.2) is 30.3 Å². The lowest BCUT2D eigenvalue weighted by Gasteiger charge is -2.28. The predicted molar refractivity (Wildman–Crippen MR) is 154 cm³/mol. The first kappa shape index (κ1) is 26.4. The molecule has 1 aliphatic heterocycles. The maximum atomic E-state index is 13.6. The van der Waals surface area contributed by atoms with Crippen LogP contribution < -0.4 is 10.2 Å². The van der Waals surface area contributed by atoms with E-state index in [2.05, 4.69) is 33.4 Å². The zero-order valence-corrected chi connectivity index (χ0v) is 23.8. The number of fused-ring (bicyclic) bond motifs is 5. The summed E-state index contributed by atoms with van der Waals surface area (Å²) in [5, 5.41) is 2.74. The van der Waals surface area contributed by atoms with Crippen LogP contribution in [0, 0.1) is 37.5 Å². The van der Waals surface area contributed by atoms with Crippen molar-refractivity contribution in [2.24, 2.45) is 23.7 Å². The minimum atomic E-state index is -0.705. The number of anilines is 2. The zero-order chi connectivity index (χ0) is 28.1. The van der Waals surface area contributed by atoms with E-state index in [1.165, 1.54) is 16.5 Å². The Morgan fingerprint density at radius 2 is 1.62 bits per heavy atom. The van der Waals surface area contributed by atoms with Gasteiger partial charge in [-0.25, -0.2) is 4.79 Å². The van der Waals surface area contributed by atoms with Gasteiger partial charge >= 0.3 is 5.97 Å². The Morgan fingerprint density at radius 1 is 0.925 bits per heavy atom. The summed E-state index contributed by atoms with van der Waals surface area (Å²) in [4.78, 5) is 53.6. The molecule has 3 aromatic carbocycles. The van der Waals surface area contributed by atoms with Gasteiger partial charge in [-0.2, -0.15) is 0 Å². The summed E-state index contributed by atoms with van der Waals surface area (Å²) < 4.78 is 6.22. The van der Waals surface area contributed by atoms with Crippen LogP contribution in [0.2, 0.25) is 0 Å². The van der Waals surface area contributed by atoms with E-state index >= 15 is 0 Å². The Balaban J connectivity index is 1.13. The molecule has 2 saturated carbocycles. The highest BCUT2D eigenvalue weighted by atomic mass is 79.9.